The maximum absolute atomic E-state index is 6.33. The fourth-order valence-electron chi connectivity index (χ4n) is 3.41. The van der Waals surface area contributed by atoms with Crippen molar-refractivity contribution in [3.63, 3.8) is 0 Å². The van der Waals surface area contributed by atoms with Gasteiger partial charge >= 0.3 is 0 Å². The molecule has 1 aromatic carbocycles. The number of rotatable bonds is 3. The van der Waals surface area contributed by atoms with Gasteiger partial charge in [-0.2, -0.15) is 0 Å². The van der Waals surface area contributed by atoms with Gasteiger partial charge in [-0.3, -0.25) is 0 Å². The molecule has 7 heteroatoms. The lowest BCUT2D eigenvalue weighted by Crippen LogP contribution is -2.17. The van der Waals surface area contributed by atoms with Gasteiger partial charge in [0.15, 0.2) is 0 Å². The molecule has 3 atom stereocenters. The van der Waals surface area contributed by atoms with Crippen LogP contribution in [0.15, 0.2) is 36.8 Å². The van der Waals surface area contributed by atoms with E-state index in [1.54, 1.807) is 0 Å². The Morgan fingerprint density at radius 3 is 2.88 bits per heavy atom. The second kappa shape index (κ2) is 6.48. The Morgan fingerprint density at radius 2 is 2.08 bits per heavy atom. The van der Waals surface area contributed by atoms with E-state index in [-0.39, 0.29) is 12.3 Å². The Hall–Kier alpha value is -1.82. The minimum Gasteiger partial charge on any atom is -0.383 e. The van der Waals surface area contributed by atoms with Gasteiger partial charge in [0.25, 0.3) is 0 Å². The molecule has 3 unspecified atom stereocenters. The zero-order valence-electron chi connectivity index (χ0n) is 13.7. The number of benzene rings is 1. The van der Waals surface area contributed by atoms with Crippen LogP contribution in [0.3, 0.4) is 0 Å². The van der Waals surface area contributed by atoms with E-state index in [4.69, 9.17) is 33.7 Å². The summed E-state index contributed by atoms with van der Waals surface area (Å²) in [6.07, 6.45) is 5.22. The number of nitrogens with zero attached hydrogens (tertiary/aromatic N) is 3. The minimum absolute atomic E-state index is 0.0606. The SMILES string of the molecule is CC1CC(n2ccc3c(N)ncnc32)OC1Cc1ccc(Cl)c(Cl)c1. The van der Waals surface area contributed by atoms with E-state index < -0.39 is 0 Å². The zero-order chi connectivity index (χ0) is 17.6. The molecule has 5 nitrogen and oxygen atoms in total. The maximum Gasteiger partial charge on any atom is 0.147 e. The Bertz CT molecular complexity index is 927. The van der Waals surface area contributed by atoms with E-state index in [1.807, 2.05) is 35.0 Å². The Balaban J connectivity index is 1.56. The number of nitrogen functional groups attached to an aromatic ring is 1. The predicted octanol–water partition coefficient (Wildman–Crippen LogP) is 4.49. The van der Waals surface area contributed by atoms with Crippen molar-refractivity contribution in [2.24, 2.45) is 5.92 Å². The highest BCUT2D eigenvalue weighted by Gasteiger charge is 2.34. The minimum atomic E-state index is -0.0606. The average molecular weight is 377 g/mol. The molecule has 0 bridgehead atoms. The van der Waals surface area contributed by atoms with Gasteiger partial charge in [0.2, 0.25) is 0 Å². The van der Waals surface area contributed by atoms with Gasteiger partial charge in [-0.1, -0.05) is 36.2 Å². The zero-order valence-corrected chi connectivity index (χ0v) is 15.2. The molecule has 0 saturated carbocycles. The number of hydrogen-bond acceptors (Lipinski definition) is 4. The maximum atomic E-state index is 6.33. The molecule has 1 saturated heterocycles. The molecule has 1 aliphatic heterocycles. The summed E-state index contributed by atoms with van der Waals surface area (Å²) in [6, 6.07) is 7.67. The van der Waals surface area contributed by atoms with Gasteiger partial charge in [-0.05, 0) is 42.5 Å². The van der Waals surface area contributed by atoms with Crippen molar-refractivity contribution in [1.82, 2.24) is 14.5 Å². The van der Waals surface area contributed by atoms with Crippen molar-refractivity contribution in [1.29, 1.82) is 0 Å². The molecule has 1 aliphatic rings. The number of fused-ring (bicyclic) bond motifs is 1. The van der Waals surface area contributed by atoms with Crippen molar-refractivity contribution in [3.8, 4) is 0 Å². The van der Waals surface area contributed by atoms with Gasteiger partial charge < -0.3 is 15.0 Å². The van der Waals surface area contributed by atoms with Crippen LogP contribution in [0.5, 0.6) is 0 Å². The Morgan fingerprint density at radius 1 is 1.24 bits per heavy atom. The molecule has 0 radical (unpaired) electrons. The second-order valence-corrected chi connectivity index (χ2v) is 7.33. The van der Waals surface area contributed by atoms with E-state index in [2.05, 4.69) is 16.9 Å². The van der Waals surface area contributed by atoms with Crippen molar-refractivity contribution < 1.29 is 4.74 Å². The number of hydrogen-bond donors (Lipinski definition) is 1. The summed E-state index contributed by atoms with van der Waals surface area (Å²) < 4.78 is 8.37. The topological polar surface area (TPSA) is 66.0 Å². The van der Waals surface area contributed by atoms with Crippen molar-refractivity contribution in [3.05, 3.63) is 52.4 Å². The third-order valence-electron chi connectivity index (χ3n) is 4.81. The van der Waals surface area contributed by atoms with Crippen LogP contribution in [0.4, 0.5) is 5.82 Å². The van der Waals surface area contributed by atoms with Crippen LogP contribution in [-0.2, 0) is 11.2 Å². The lowest BCUT2D eigenvalue weighted by molar-refractivity contribution is -0.000770. The summed E-state index contributed by atoms with van der Waals surface area (Å²) in [7, 11) is 0. The summed E-state index contributed by atoms with van der Waals surface area (Å²) in [5, 5.41) is 2.00. The number of aromatic nitrogens is 3. The molecule has 1 fully saturated rings. The summed E-state index contributed by atoms with van der Waals surface area (Å²) in [4.78, 5) is 8.40. The van der Waals surface area contributed by atoms with Gasteiger partial charge in [-0.15, -0.1) is 0 Å². The molecule has 25 heavy (non-hydrogen) atoms. The standard InChI is InChI=1S/C18H18Cl2N4O/c1-10-6-16(24-5-4-12-17(21)22-9-23-18(12)24)25-15(10)8-11-2-3-13(19)14(20)7-11/h2-5,7,9-10,15-16H,6,8H2,1H3,(H2,21,22,23). The smallest absolute Gasteiger partial charge is 0.147 e. The first kappa shape index (κ1) is 16.6. The van der Waals surface area contributed by atoms with Crippen LogP contribution in [0.25, 0.3) is 11.0 Å². The molecular formula is C18H18Cl2N4O. The normalized spacial score (nSPS) is 23.4. The first-order chi connectivity index (χ1) is 12.0. The molecule has 4 rings (SSSR count). The Kier molecular flexibility index (Phi) is 4.31. The predicted molar refractivity (Wildman–Crippen MR) is 99.8 cm³/mol. The van der Waals surface area contributed by atoms with Crippen LogP contribution in [0, 0.1) is 5.92 Å². The molecule has 0 amide bonds. The highest BCUT2D eigenvalue weighted by atomic mass is 35.5. The largest absolute Gasteiger partial charge is 0.383 e. The monoisotopic (exact) mass is 376 g/mol. The summed E-state index contributed by atoms with van der Waals surface area (Å²) >= 11 is 12.1. The lowest BCUT2D eigenvalue weighted by atomic mass is 9.97. The Labute approximate surface area is 155 Å². The van der Waals surface area contributed by atoms with Crippen LogP contribution in [0.2, 0.25) is 10.0 Å². The van der Waals surface area contributed by atoms with Crippen molar-refractivity contribution >= 4 is 40.1 Å². The average Bonchev–Trinajstić information content (AvgIpc) is 3.16. The molecule has 2 N–H and O–H groups in total. The van der Waals surface area contributed by atoms with E-state index in [9.17, 15) is 0 Å². The quantitative estimate of drug-likeness (QED) is 0.731. The van der Waals surface area contributed by atoms with Gasteiger partial charge in [0, 0.05) is 6.20 Å². The first-order valence-electron chi connectivity index (χ1n) is 8.19. The fourth-order valence-corrected chi connectivity index (χ4v) is 3.73. The summed E-state index contributed by atoms with van der Waals surface area (Å²) in [5.41, 5.74) is 7.85. The fraction of sp³-hybridized carbons (Fsp3) is 0.333. The summed E-state index contributed by atoms with van der Waals surface area (Å²) in [5.74, 6) is 0.901. The van der Waals surface area contributed by atoms with Crippen LogP contribution in [-0.4, -0.2) is 20.6 Å². The van der Waals surface area contributed by atoms with E-state index in [0.29, 0.717) is 21.8 Å². The molecule has 0 aliphatic carbocycles. The molecule has 3 aromatic rings. The first-order valence-corrected chi connectivity index (χ1v) is 8.95. The molecule has 130 valence electrons. The molecule has 0 spiro atoms. The van der Waals surface area contributed by atoms with Gasteiger partial charge in [-0.25, -0.2) is 9.97 Å². The molecular weight excluding hydrogens is 359 g/mol. The van der Waals surface area contributed by atoms with Crippen LogP contribution >= 0.6 is 23.2 Å². The lowest BCUT2D eigenvalue weighted by Gasteiger charge is -2.17. The third-order valence-corrected chi connectivity index (χ3v) is 5.55. The molecule has 2 aromatic heterocycles. The highest BCUT2D eigenvalue weighted by Crippen LogP contribution is 2.37. The van der Waals surface area contributed by atoms with Gasteiger partial charge in [0.05, 0.1) is 21.5 Å². The number of ether oxygens (including phenoxy) is 1. The molecule has 3 heterocycles. The third kappa shape index (κ3) is 3.08. The van der Waals surface area contributed by atoms with Gasteiger partial charge in [0.1, 0.15) is 24.0 Å². The van der Waals surface area contributed by atoms with E-state index >= 15 is 0 Å². The summed E-state index contributed by atoms with van der Waals surface area (Å²) in [6.45, 7) is 2.21. The highest BCUT2D eigenvalue weighted by molar-refractivity contribution is 6.42. The number of halogens is 2. The number of anilines is 1. The van der Waals surface area contributed by atoms with Crippen LogP contribution < -0.4 is 5.73 Å². The van der Waals surface area contributed by atoms with E-state index in [1.165, 1.54) is 6.33 Å². The second-order valence-electron chi connectivity index (χ2n) is 6.51. The van der Waals surface area contributed by atoms with E-state index in [0.717, 1.165) is 29.4 Å². The van der Waals surface area contributed by atoms with Crippen molar-refractivity contribution in [2.45, 2.75) is 32.1 Å². The number of nitrogens with two attached hydrogens (primary N) is 1. The van der Waals surface area contributed by atoms with Crippen molar-refractivity contribution in [2.75, 3.05) is 5.73 Å². The van der Waals surface area contributed by atoms with Crippen LogP contribution in [0.1, 0.15) is 25.1 Å².